The van der Waals surface area contributed by atoms with Crippen LogP contribution in [0.3, 0.4) is 0 Å². The zero-order chi connectivity index (χ0) is 22.1. The topological polar surface area (TPSA) is 96.3 Å². The van der Waals surface area contributed by atoms with E-state index in [1.807, 2.05) is 19.1 Å². The Kier molecular flexibility index (Phi) is 5.84. The van der Waals surface area contributed by atoms with Crippen LogP contribution in [-0.4, -0.2) is 45.2 Å². The van der Waals surface area contributed by atoms with Gasteiger partial charge in [0.1, 0.15) is 28.1 Å². The molecule has 0 bridgehead atoms. The summed E-state index contributed by atoms with van der Waals surface area (Å²) in [4.78, 5) is 28.9. The number of thiazole rings is 1. The van der Waals surface area contributed by atoms with Crippen molar-refractivity contribution >= 4 is 49.7 Å². The average Bonchev–Trinajstić information content (AvgIpc) is 3.12. The van der Waals surface area contributed by atoms with Crippen LogP contribution in [0, 0.1) is 12.7 Å². The Balaban J connectivity index is 1.71. The summed E-state index contributed by atoms with van der Waals surface area (Å²) >= 11 is 6.44. The molecule has 31 heavy (non-hydrogen) atoms. The summed E-state index contributed by atoms with van der Waals surface area (Å²) in [5.74, 6) is -0.473. The Bertz CT molecular complexity index is 1300. The van der Waals surface area contributed by atoms with Gasteiger partial charge in [-0.1, -0.05) is 11.3 Å². The Morgan fingerprint density at radius 1 is 1.23 bits per heavy atom. The Labute approximate surface area is 185 Å². The number of ether oxygens (including phenoxy) is 3. The molecule has 11 heteroatoms. The number of aryl methyl sites for hydroxylation is 1. The van der Waals surface area contributed by atoms with Gasteiger partial charge in [-0.25, -0.2) is 24.1 Å². The summed E-state index contributed by atoms with van der Waals surface area (Å²) in [5.41, 5.74) is 2.48. The van der Waals surface area contributed by atoms with Crippen LogP contribution in [0.4, 0.5) is 9.18 Å². The number of nitrogens with zero attached hydrogens (tertiary/aromatic N) is 4. The van der Waals surface area contributed by atoms with Gasteiger partial charge in [0.2, 0.25) is 5.88 Å². The quantitative estimate of drug-likeness (QED) is 0.373. The first-order valence-corrected chi connectivity index (χ1v) is 10.3. The average molecular weight is 463 g/mol. The van der Waals surface area contributed by atoms with E-state index in [9.17, 15) is 9.18 Å². The normalized spacial score (nSPS) is 12.2. The molecule has 0 aliphatic carbocycles. The van der Waals surface area contributed by atoms with Crippen molar-refractivity contribution in [1.82, 2.24) is 19.9 Å². The molecule has 4 rings (SSSR count). The molecule has 160 valence electrons. The summed E-state index contributed by atoms with van der Waals surface area (Å²) in [7, 11) is 1.53. The maximum absolute atomic E-state index is 14.5. The maximum atomic E-state index is 14.5. The molecule has 0 aliphatic rings. The van der Waals surface area contributed by atoms with E-state index in [1.165, 1.54) is 30.7 Å². The second kappa shape index (κ2) is 8.56. The van der Waals surface area contributed by atoms with Gasteiger partial charge in [0.15, 0.2) is 5.82 Å². The number of methoxy groups -OCH3 is 1. The minimum absolute atomic E-state index is 0.0977. The second-order valence-corrected chi connectivity index (χ2v) is 7.97. The summed E-state index contributed by atoms with van der Waals surface area (Å²) < 4.78 is 29.7. The van der Waals surface area contributed by atoms with E-state index < -0.39 is 17.3 Å². The second-order valence-electron chi connectivity index (χ2n) is 6.69. The number of halogens is 2. The van der Waals surface area contributed by atoms with Crippen LogP contribution in [0.1, 0.15) is 12.5 Å². The molecule has 0 aliphatic heterocycles. The van der Waals surface area contributed by atoms with E-state index in [1.54, 1.807) is 6.92 Å². The number of hydrogen-bond donors (Lipinski definition) is 0. The number of pyridine rings is 1. The molecule has 0 amide bonds. The fourth-order valence-corrected chi connectivity index (χ4v) is 4.02. The summed E-state index contributed by atoms with van der Waals surface area (Å²) in [5, 5.41) is 0.622. The van der Waals surface area contributed by atoms with E-state index in [2.05, 4.69) is 19.9 Å². The highest BCUT2D eigenvalue weighted by Gasteiger charge is 2.18. The van der Waals surface area contributed by atoms with Crippen LogP contribution < -0.4 is 9.47 Å². The number of fused-ring (bicyclic) bond motifs is 2. The molecule has 0 fully saturated rings. The van der Waals surface area contributed by atoms with Crippen LogP contribution in [0.5, 0.6) is 11.8 Å². The van der Waals surface area contributed by atoms with Crippen LogP contribution in [-0.2, 0) is 4.74 Å². The molecule has 1 atom stereocenters. The van der Waals surface area contributed by atoms with Crippen LogP contribution in [0.15, 0.2) is 24.4 Å². The van der Waals surface area contributed by atoms with Crippen molar-refractivity contribution in [3.63, 3.8) is 0 Å². The number of carbonyl (C=O) groups excluding carboxylic acids is 1. The summed E-state index contributed by atoms with van der Waals surface area (Å²) in [6.07, 6.45) is 0.876. The molecule has 8 nitrogen and oxygen atoms in total. The first kappa shape index (κ1) is 21.1. The molecule has 3 heterocycles. The number of hydrogen-bond acceptors (Lipinski definition) is 9. The molecule has 0 saturated heterocycles. The molecule has 0 saturated carbocycles. The number of rotatable bonds is 6. The van der Waals surface area contributed by atoms with Gasteiger partial charge in [0, 0.05) is 23.2 Å². The van der Waals surface area contributed by atoms with Gasteiger partial charge in [-0.3, -0.25) is 0 Å². The largest absolute Gasteiger partial charge is 0.480 e. The highest BCUT2D eigenvalue weighted by Crippen LogP contribution is 2.35. The van der Waals surface area contributed by atoms with Crippen molar-refractivity contribution in [1.29, 1.82) is 0 Å². The predicted octanol–water partition coefficient (Wildman–Crippen LogP) is 4.90. The van der Waals surface area contributed by atoms with Gasteiger partial charge >= 0.3 is 5.43 Å². The molecular formula is C20H16ClFN4O4S. The highest BCUT2D eigenvalue weighted by atomic mass is 35.5. The maximum Gasteiger partial charge on any atom is 0.404 e. The molecular weight excluding hydrogens is 447 g/mol. The standard InChI is InChI=1S/C20H16ClFN4O4S/c1-9-4-11(16-13(5-9)24-15(28-3)7-23-16)18-25-14-6-12(22)17(26-19(14)31-18)29-8-10(2)30-20(21)27/h4-7,10H,8H2,1-3H3. The first-order valence-electron chi connectivity index (χ1n) is 9.12. The monoisotopic (exact) mass is 462 g/mol. The number of aromatic nitrogens is 4. The SMILES string of the molecule is COc1cnc2c(-c3nc4cc(F)c(OCC(C)OC(=O)Cl)nc4s3)cc(C)cc2n1. The van der Waals surface area contributed by atoms with Crippen LogP contribution >= 0.6 is 22.9 Å². The van der Waals surface area contributed by atoms with Gasteiger partial charge in [0.05, 0.1) is 24.3 Å². The zero-order valence-electron chi connectivity index (χ0n) is 16.7. The van der Waals surface area contributed by atoms with E-state index in [0.717, 1.165) is 11.1 Å². The molecule has 0 N–H and O–H groups in total. The Hall–Kier alpha value is -3.11. The van der Waals surface area contributed by atoms with E-state index in [4.69, 9.17) is 25.8 Å². The smallest absolute Gasteiger partial charge is 0.404 e. The third kappa shape index (κ3) is 4.49. The molecule has 0 radical (unpaired) electrons. The van der Waals surface area contributed by atoms with Crippen LogP contribution in [0.25, 0.3) is 32.0 Å². The lowest BCUT2D eigenvalue weighted by Crippen LogP contribution is -2.19. The van der Waals surface area contributed by atoms with Crippen molar-refractivity contribution in [2.45, 2.75) is 20.0 Å². The third-order valence-corrected chi connectivity index (χ3v) is 5.35. The number of carbonyl (C=O) groups is 1. The summed E-state index contributed by atoms with van der Waals surface area (Å²) in [6.45, 7) is 3.41. The Morgan fingerprint density at radius 3 is 2.77 bits per heavy atom. The van der Waals surface area contributed by atoms with Gasteiger partial charge < -0.3 is 14.2 Å². The molecule has 4 aromatic rings. The first-order chi connectivity index (χ1) is 14.8. The van der Waals surface area contributed by atoms with Gasteiger partial charge in [0.25, 0.3) is 5.88 Å². The molecule has 1 aromatic carbocycles. The van der Waals surface area contributed by atoms with Crippen molar-refractivity contribution in [2.24, 2.45) is 0 Å². The minimum Gasteiger partial charge on any atom is -0.480 e. The van der Waals surface area contributed by atoms with Crippen molar-refractivity contribution in [3.8, 4) is 22.3 Å². The fraction of sp³-hybridized carbons (Fsp3) is 0.250. The highest BCUT2D eigenvalue weighted by molar-refractivity contribution is 7.21. The van der Waals surface area contributed by atoms with E-state index >= 15 is 0 Å². The van der Waals surface area contributed by atoms with Gasteiger partial charge in [-0.05, 0) is 31.5 Å². The Morgan fingerprint density at radius 2 is 2.03 bits per heavy atom. The lowest BCUT2D eigenvalue weighted by Gasteiger charge is -2.11. The third-order valence-electron chi connectivity index (χ3n) is 4.26. The van der Waals surface area contributed by atoms with Crippen molar-refractivity contribution in [3.05, 3.63) is 35.8 Å². The fourth-order valence-electron chi connectivity index (χ4n) is 2.94. The lowest BCUT2D eigenvalue weighted by molar-refractivity contribution is 0.0905. The molecule has 3 aromatic heterocycles. The van der Waals surface area contributed by atoms with Crippen molar-refractivity contribution < 1.29 is 23.4 Å². The lowest BCUT2D eigenvalue weighted by atomic mass is 10.1. The number of benzene rings is 1. The van der Waals surface area contributed by atoms with Crippen molar-refractivity contribution in [2.75, 3.05) is 13.7 Å². The summed E-state index contributed by atoms with van der Waals surface area (Å²) in [6, 6.07) is 5.10. The molecule has 1 unspecified atom stereocenters. The van der Waals surface area contributed by atoms with Crippen LogP contribution in [0.2, 0.25) is 0 Å². The van der Waals surface area contributed by atoms with Gasteiger partial charge in [-0.15, -0.1) is 0 Å². The predicted molar refractivity (Wildman–Crippen MR) is 114 cm³/mol. The zero-order valence-corrected chi connectivity index (χ0v) is 18.3. The van der Waals surface area contributed by atoms with Gasteiger partial charge in [-0.2, -0.15) is 4.98 Å². The minimum atomic E-state index is -0.960. The molecule has 0 spiro atoms. The van der Waals surface area contributed by atoms with E-state index in [-0.39, 0.29) is 12.5 Å². The van der Waals surface area contributed by atoms with E-state index in [0.29, 0.717) is 32.3 Å².